The van der Waals surface area contributed by atoms with E-state index in [-0.39, 0.29) is 0 Å². The van der Waals surface area contributed by atoms with E-state index in [9.17, 15) is 13.2 Å². The number of nitrogens with zero attached hydrogens (tertiary/aromatic N) is 4. The monoisotopic (exact) mass is 421 g/mol. The number of aliphatic carboxylic acids is 1. The highest BCUT2D eigenvalue weighted by atomic mass is 19.4. The molecule has 1 fully saturated rings. The lowest BCUT2D eigenvalue weighted by Crippen LogP contribution is -2.21. The largest absolute Gasteiger partial charge is 0.490 e. The second kappa shape index (κ2) is 8.78. The van der Waals surface area contributed by atoms with Crippen LogP contribution >= 0.6 is 0 Å². The Morgan fingerprint density at radius 1 is 1.23 bits per heavy atom. The van der Waals surface area contributed by atoms with Gasteiger partial charge < -0.3 is 10.1 Å². The number of fused-ring (bicyclic) bond motifs is 1. The van der Waals surface area contributed by atoms with Crippen molar-refractivity contribution in [3.63, 3.8) is 0 Å². The lowest BCUT2D eigenvalue weighted by atomic mass is 10.2. The summed E-state index contributed by atoms with van der Waals surface area (Å²) in [5.41, 5.74) is 3.21. The average molecular weight is 421 g/mol. The zero-order valence-electron chi connectivity index (χ0n) is 16.6. The summed E-state index contributed by atoms with van der Waals surface area (Å²) in [6.45, 7) is 3.60. The first-order valence-electron chi connectivity index (χ1n) is 9.38. The number of nitrogens with one attached hydrogen (secondary N) is 1. The molecule has 1 saturated carbocycles. The number of aromatic nitrogens is 4. The third-order valence-electron chi connectivity index (χ3n) is 4.55. The van der Waals surface area contributed by atoms with Crippen LogP contribution in [0.15, 0.2) is 30.5 Å². The van der Waals surface area contributed by atoms with Gasteiger partial charge in [0.15, 0.2) is 0 Å². The number of hydrogen-bond acceptors (Lipinski definition) is 5. The van der Waals surface area contributed by atoms with Crippen LogP contribution in [0.4, 0.5) is 13.2 Å². The molecule has 160 valence electrons. The van der Waals surface area contributed by atoms with E-state index in [4.69, 9.17) is 9.90 Å². The molecule has 1 aliphatic carbocycles. The highest BCUT2D eigenvalue weighted by Crippen LogP contribution is 2.38. The van der Waals surface area contributed by atoms with Crippen LogP contribution in [0, 0.1) is 6.92 Å². The second-order valence-electron chi connectivity index (χ2n) is 7.29. The maximum Gasteiger partial charge on any atom is 0.490 e. The number of rotatable bonds is 5. The summed E-state index contributed by atoms with van der Waals surface area (Å²) in [6, 6.07) is 8.17. The predicted octanol–water partition coefficient (Wildman–Crippen LogP) is 3.80. The van der Waals surface area contributed by atoms with Crippen molar-refractivity contribution < 1.29 is 23.1 Å². The molecule has 7 nitrogen and oxygen atoms in total. The van der Waals surface area contributed by atoms with Gasteiger partial charge in [0.25, 0.3) is 0 Å². The zero-order valence-corrected chi connectivity index (χ0v) is 16.6. The summed E-state index contributed by atoms with van der Waals surface area (Å²) in [7, 11) is 2.09. The fraction of sp³-hybridized carbons (Fsp3) is 0.400. The molecule has 0 amide bonds. The molecule has 10 heteroatoms. The predicted molar refractivity (Wildman–Crippen MR) is 104 cm³/mol. The molecule has 0 bridgehead atoms. The Hall–Kier alpha value is -3.01. The molecule has 2 aromatic heterocycles. The van der Waals surface area contributed by atoms with E-state index < -0.39 is 12.1 Å². The van der Waals surface area contributed by atoms with E-state index in [1.807, 2.05) is 31.3 Å². The molecule has 30 heavy (non-hydrogen) atoms. The van der Waals surface area contributed by atoms with Gasteiger partial charge in [-0.2, -0.15) is 13.2 Å². The van der Waals surface area contributed by atoms with Gasteiger partial charge in [0.05, 0.1) is 12.1 Å². The lowest BCUT2D eigenvalue weighted by molar-refractivity contribution is -0.192. The van der Waals surface area contributed by atoms with Crippen molar-refractivity contribution in [3.05, 3.63) is 53.5 Å². The van der Waals surface area contributed by atoms with Crippen LogP contribution in [0.2, 0.25) is 0 Å². The first-order valence-corrected chi connectivity index (χ1v) is 9.38. The fourth-order valence-electron chi connectivity index (χ4n) is 2.97. The summed E-state index contributed by atoms with van der Waals surface area (Å²) in [5, 5.41) is 8.25. The van der Waals surface area contributed by atoms with Crippen LogP contribution in [0.25, 0.3) is 10.9 Å². The number of carboxylic acids is 1. The Balaban J connectivity index is 0.000000318. The van der Waals surface area contributed by atoms with Gasteiger partial charge in [-0.3, -0.25) is 4.90 Å². The zero-order chi connectivity index (χ0) is 21.9. The summed E-state index contributed by atoms with van der Waals surface area (Å²) in [6.07, 6.45) is -0.587. The molecule has 0 saturated heterocycles. The van der Waals surface area contributed by atoms with Crippen molar-refractivity contribution in [1.82, 2.24) is 24.8 Å². The van der Waals surface area contributed by atoms with Crippen LogP contribution in [0.5, 0.6) is 0 Å². The molecular formula is C20H22F3N5O2. The highest BCUT2D eigenvalue weighted by Gasteiger charge is 2.38. The van der Waals surface area contributed by atoms with E-state index in [1.165, 1.54) is 12.8 Å². The van der Waals surface area contributed by atoms with E-state index in [1.54, 1.807) is 0 Å². The topological polar surface area (TPSA) is 95.0 Å². The number of benzene rings is 1. The Morgan fingerprint density at radius 3 is 2.53 bits per heavy atom. The molecule has 3 aromatic rings. The van der Waals surface area contributed by atoms with Crippen molar-refractivity contribution in [2.45, 2.75) is 44.9 Å². The lowest BCUT2D eigenvalue weighted by Gasteiger charge is -2.15. The Labute approximate surface area is 171 Å². The molecule has 0 spiro atoms. The Morgan fingerprint density at radius 2 is 1.90 bits per heavy atom. The molecule has 1 aliphatic rings. The average Bonchev–Trinajstić information content (AvgIpc) is 3.41. The van der Waals surface area contributed by atoms with Gasteiger partial charge in [0.2, 0.25) is 0 Å². The minimum Gasteiger partial charge on any atom is -0.475 e. The van der Waals surface area contributed by atoms with E-state index in [0.29, 0.717) is 5.92 Å². The first-order chi connectivity index (χ1) is 14.1. The van der Waals surface area contributed by atoms with E-state index in [2.05, 4.69) is 37.9 Å². The second-order valence-corrected chi connectivity index (χ2v) is 7.29. The standard InChI is InChI=1S/C18H21N5.C2HF3O2/c1-12-15-5-3-4-6-16(15)22-17(20-12)11-23(2)10-14-9-19-18(21-14)13-7-8-13;3-2(4,5)1(6)7/h3-6,9,13H,7-8,10-11H2,1-2H3,(H,19,21);(H,6,7). The maximum atomic E-state index is 10.6. The molecule has 1 aromatic carbocycles. The van der Waals surface area contributed by atoms with Crippen LogP contribution in [-0.4, -0.2) is 49.1 Å². The van der Waals surface area contributed by atoms with Gasteiger partial charge in [-0.25, -0.2) is 19.7 Å². The molecule has 0 atom stereocenters. The van der Waals surface area contributed by atoms with Gasteiger partial charge in [0.1, 0.15) is 11.6 Å². The van der Waals surface area contributed by atoms with Crippen LogP contribution in [0.1, 0.15) is 41.8 Å². The van der Waals surface area contributed by atoms with Gasteiger partial charge >= 0.3 is 12.1 Å². The number of H-pyrrole nitrogens is 1. The minimum atomic E-state index is -5.08. The van der Waals surface area contributed by atoms with Crippen LogP contribution in [-0.2, 0) is 17.9 Å². The summed E-state index contributed by atoms with van der Waals surface area (Å²) >= 11 is 0. The number of aromatic amines is 1. The van der Waals surface area contributed by atoms with E-state index >= 15 is 0 Å². The number of aryl methyl sites for hydroxylation is 1. The molecule has 2 heterocycles. The van der Waals surface area contributed by atoms with Crippen molar-refractivity contribution in [3.8, 4) is 0 Å². The fourth-order valence-corrected chi connectivity index (χ4v) is 2.97. The summed E-state index contributed by atoms with van der Waals surface area (Å²) < 4.78 is 31.7. The van der Waals surface area contributed by atoms with Gasteiger partial charge in [-0.05, 0) is 32.9 Å². The highest BCUT2D eigenvalue weighted by molar-refractivity contribution is 5.80. The molecule has 0 unspecified atom stereocenters. The quantitative estimate of drug-likeness (QED) is 0.651. The summed E-state index contributed by atoms with van der Waals surface area (Å²) in [5.74, 6) is -0.0788. The Bertz CT molecular complexity index is 1030. The maximum absolute atomic E-state index is 10.6. The number of hydrogen-bond donors (Lipinski definition) is 2. The SMILES string of the molecule is Cc1nc(CN(C)Cc2cnc(C3CC3)[nH]2)nc2ccccc12.O=C(O)C(F)(F)F. The number of carboxylic acid groups (broad SMARTS) is 1. The van der Waals surface area contributed by atoms with Crippen molar-refractivity contribution in [2.75, 3.05) is 7.05 Å². The van der Waals surface area contributed by atoms with Gasteiger partial charge in [-0.15, -0.1) is 0 Å². The third-order valence-corrected chi connectivity index (χ3v) is 4.55. The van der Waals surface area contributed by atoms with Crippen LogP contribution in [0.3, 0.4) is 0 Å². The van der Waals surface area contributed by atoms with Crippen molar-refractivity contribution >= 4 is 16.9 Å². The number of alkyl halides is 3. The van der Waals surface area contributed by atoms with E-state index in [0.717, 1.165) is 47.0 Å². The molecule has 4 rings (SSSR count). The Kier molecular flexibility index (Phi) is 6.35. The van der Waals surface area contributed by atoms with Crippen molar-refractivity contribution in [2.24, 2.45) is 0 Å². The molecule has 2 N–H and O–H groups in total. The van der Waals surface area contributed by atoms with Gasteiger partial charge in [-0.1, -0.05) is 18.2 Å². The number of para-hydroxylation sites is 1. The number of carbonyl (C=O) groups is 1. The minimum absolute atomic E-state index is 0.667. The third kappa shape index (κ3) is 5.76. The summed E-state index contributed by atoms with van der Waals surface area (Å²) in [4.78, 5) is 28.4. The molecular weight excluding hydrogens is 399 g/mol. The molecule has 0 radical (unpaired) electrons. The van der Waals surface area contributed by atoms with Crippen LogP contribution < -0.4 is 0 Å². The smallest absolute Gasteiger partial charge is 0.475 e. The number of halogens is 3. The number of imidazole rings is 1. The van der Waals surface area contributed by atoms with Crippen molar-refractivity contribution in [1.29, 1.82) is 0 Å². The normalized spacial score (nSPS) is 13.9. The molecule has 0 aliphatic heterocycles. The first kappa shape index (κ1) is 21.7. The van der Waals surface area contributed by atoms with Gasteiger partial charge in [0, 0.05) is 35.4 Å².